The number of aromatic nitrogens is 2. The van der Waals surface area contributed by atoms with Crippen LogP contribution in [0.1, 0.15) is 18.2 Å². The van der Waals surface area contributed by atoms with Crippen LogP contribution in [0.5, 0.6) is 0 Å². The van der Waals surface area contributed by atoms with Crippen LogP contribution in [0.2, 0.25) is 5.02 Å². The van der Waals surface area contributed by atoms with Crippen molar-refractivity contribution in [1.82, 2.24) is 19.8 Å². The Morgan fingerprint density at radius 2 is 1.93 bits per heavy atom. The van der Waals surface area contributed by atoms with E-state index in [4.69, 9.17) is 11.6 Å². The minimum Gasteiger partial charge on any atom is -0.363 e. The number of hydrogen-bond acceptors (Lipinski definition) is 5. The fourth-order valence-electron chi connectivity index (χ4n) is 3.62. The standard InChI is InChI=1S/C21H28ClN5O/c1-16(28)27-9-8-26(12-17-4-6-19(22)7-5-17)13-18(14-27)10-20-11-21(25(2)3)24-15-23-20/h4-7,11,15,18H,8-10,12-14H2,1-3H3/t18-/m1/s1. The number of benzene rings is 1. The molecule has 0 spiro atoms. The Kier molecular flexibility index (Phi) is 6.86. The average molecular weight is 402 g/mol. The number of nitrogens with zero attached hydrogens (tertiary/aromatic N) is 5. The van der Waals surface area contributed by atoms with Gasteiger partial charge in [-0.15, -0.1) is 0 Å². The minimum absolute atomic E-state index is 0.134. The summed E-state index contributed by atoms with van der Waals surface area (Å²) in [6.07, 6.45) is 2.44. The molecule has 1 atom stereocenters. The predicted octanol–water partition coefficient (Wildman–Crippen LogP) is 2.72. The van der Waals surface area contributed by atoms with E-state index in [2.05, 4.69) is 27.0 Å². The molecule has 1 aromatic heterocycles. The maximum atomic E-state index is 12.1. The van der Waals surface area contributed by atoms with Gasteiger partial charge in [-0.2, -0.15) is 0 Å². The van der Waals surface area contributed by atoms with Crippen LogP contribution in [0, 0.1) is 5.92 Å². The van der Waals surface area contributed by atoms with E-state index in [9.17, 15) is 4.79 Å². The second-order valence-corrected chi connectivity index (χ2v) is 8.10. The molecule has 2 aromatic rings. The quantitative estimate of drug-likeness (QED) is 0.771. The Bertz CT molecular complexity index is 796. The zero-order valence-corrected chi connectivity index (χ0v) is 17.6. The van der Waals surface area contributed by atoms with Crippen LogP contribution < -0.4 is 4.90 Å². The molecule has 0 N–H and O–H groups in total. The number of halogens is 1. The molecule has 1 aliphatic heterocycles. The first-order valence-corrected chi connectivity index (χ1v) is 9.99. The van der Waals surface area contributed by atoms with Crippen LogP contribution >= 0.6 is 11.6 Å². The molecule has 1 aliphatic rings. The number of amides is 1. The van der Waals surface area contributed by atoms with E-state index in [1.165, 1.54) is 5.56 Å². The van der Waals surface area contributed by atoms with Crippen molar-refractivity contribution >= 4 is 23.3 Å². The van der Waals surface area contributed by atoms with Gasteiger partial charge in [0.2, 0.25) is 5.91 Å². The van der Waals surface area contributed by atoms with Crippen LogP contribution in [0.25, 0.3) is 0 Å². The van der Waals surface area contributed by atoms with Gasteiger partial charge in [0.25, 0.3) is 0 Å². The van der Waals surface area contributed by atoms with Crippen LogP contribution in [0.4, 0.5) is 5.82 Å². The van der Waals surface area contributed by atoms with Crippen molar-refractivity contribution in [3.05, 3.63) is 52.9 Å². The Morgan fingerprint density at radius 3 is 2.61 bits per heavy atom. The first-order valence-electron chi connectivity index (χ1n) is 9.61. The highest BCUT2D eigenvalue weighted by atomic mass is 35.5. The Balaban J connectivity index is 1.73. The molecule has 6 nitrogen and oxygen atoms in total. The summed E-state index contributed by atoms with van der Waals surface area (Å²) in [6.45, 7) is 5.81. The van der Waals surface area contributed by atoms with Gasteiger partial charge in [0, 0.05) is 70.5 Å². The van der Waals surface area contributed by atoms with Crippen LogP contribution in [-0.2, 0) is 17.8 Å². The molecule has 0 saturated carbocycles. The van der Waals surface area contributed by atoms with Crippen LogP contribution in [-0.4, -0.2) is 65.9 Å². The molecular weight excluding hydrogens is 374 g/mol. The molecular formula is C21H28ClN5O. The molecule has 0 aliphatic carbocycles. The molecule has 3 rings (SSSR count). The molecule has 2 heterocycles. The first kappa shape index (κ1) is 20.6. The summed E-state index contributed by atoms with van der Waals surface area (Å²) in [5.41, 5.74) is 2.25. The Morgan fingerprint density at radius 1 is 1.18 bits per heavy atom. The van der Waals surface area contributed by atoms with Crippen molar-refractivity contribution < 1.29 is 4.79 Å². The zero-order valence-electron chi connectivity index (χ0n) is 16.8. The zero-order chi connectivity index (χ0) is 20.1. The summed E-state index contributed by atoms with van der Waals surface area (Å²) in [4.78, 5) is 27.2. The summed E-state index contributed by atoms with van der Waals surface area (Å²) in [6, 6.07) is 10.0. The third-order valence-electron chi connectivity index (χ3n) is 5.11. The van der Waals surface area contributed by atoms with Gasteiger partial charge in [-0.05, 0) is 30.0 Å². The molecule has 0 bridgehead atoms. The van der Waals surface area contributed by atoms with Crippen molar-refractivity contribution in [1.29, 1.82) is 0 Å². The van der Waals surface area contributed by atoms with Gasteiger partial charge in [-0.25, -0.2) is 9.97 Å². The van der Waals surface area contributed by atoms with Crippen LogP contribution in [0.3, 0.4) is 0 Å². The lowest BCUT2D eigenvalue weighted by molar-refractivity contribution is -0.129. The van der Waals surface area contributed by atoms with E-state index >= 15 is 0 Å². The van der Waals surface area contributed by atoms with Gasteiger partial charge in [-0.3, -0.25) is 9.69 Å². The van der Waals surface area contributed by atoms with E-state index in [-0.39, 0.29) is 5.91 Å². The average Bonchev–Trinajstić information content (AvgIpc) is 2.86. The van der Waals surface area contributed by atoms with E-state index in [1.807, 2.05) is 42.1 Å². The molecule has 0 radical (unpaired) electrons. The van der Waals surface area contributed by atoms with E-state index in [1.54, 1.807) is 13.3 Å². The SMILES string of the molecule is CC(=O)N1CCN(Cc2ccc(Cl)cc2)C[C@@H](Cc2cc(N(C)C)ncn2)C1. The monoisotopic (exact) mass is 401 g/mol. The van der Waals surface area contributed by atoms with Crippen molar-refractivity contribution in [2.45, 2.75) is 19.9 Å². The highest BCUT2D eigenvalue weighted by Gasteiger charge is 2.25. The number of carbonyl (C=O) groups is 1. The number of rotatable bonds is 5. The van der Waals surface area contributed by atoms with E-state index < -0.39 is 0 Å². The molecule has 1 aromatic carbocycles. The van der Waals surface area contributed by atoms with E-state index in [0.29, 0.717) is 5.92 Å². The predicted molar refractivity (Wildman–Crippen MR) is 113 cm³/mol. The van der Waals surface area contributed by atoms with Gasteiger partial charge in [0.05, 0.1) is 0 Å². The lowest BCUT2D eigenvalue weighted by Crippen LogP contribution is -2.34. The maximum absolute atomic E-state index is 12.1. The molecule has 1 saturated heterocycles. The molecule has 28 heavy (non-hydrogen) atoms. The molecule has 150 valence electrons. The van der Waals surface area contributed by atoms with Gasteiger partial charge < -0.3 is 9.80 Å². The summed E-state index contributed by atoms with van der Waals surface area (Å²) in [5.74, 6) is 1.36. The number of carbonyl (C=O) groups excluding carboxylic acids is 1. The highest BCUT2D eigenvalue weighted by molar-refractivity contribution is 6.30. The Hall–Kier alpha value is -2.18. The second kappa shape index (κ2) is 9.34. The topological polar surface area (TPSA) is 52.6 Å². The molecule has 1 fully saturated rings. The lowest BCUT2D eigenvalue weighted by atomic mass is 10.0. The van der Waals surface area contributed by atoms with Crippen molar-refractivity contribution in [2.24, 2.45) is 5.92 Å². The molecule has 0 unspecified atom stereocenters. The summed E-state index contributed by atoms with van der Waals surface area (Å²) in [7, 11) is 3.95. The largest absolute Gasteiger partial charge is 0.363 e. The number of hydrogen-bond donors (Lipinski definition) is 0. The van der Waals surface area contributed by atoms with Crippen LogP contribution in [0.15, 0.2) is 36.7 Å². The van der Waals surface area contributed by atoms with Gasteiger partial charge in [-0.1, -0.05) is 23.7 Å². The summed E-state index contributed by atoms with van der Waals surface area (Å²) < 4.78 is 0. The Labute approximate surface area is 172 Å². The van der Waals surface area contributed by atoms with Crippen molar-refractivity contribution in [3.8, 4) is 0 Å². The minimum atomic E-state index is 0.134. The number of anilines is 1. The normalized spacial score (nSPS) is 18.0. The van der Waals surface area contributed by atoms with Gasteiger partial charge >= 0.3 is 0 Å². The first-order chi connectivity index (χ1) is 13.4. The molecule has 1 amide bonds. The summed E-state index contributed by atoms with van der Waals surface area (Å²) in [5, 5.41) is 0.751. The van der Waals surface area contributed by atoms with E-state index in [0.717, 1.165) is 55.7 Å². The van der Waals surface area contributed by atoms with Crippen molar-refractivity contribution in [3.63, 3.8) is 0 Å². The van der Waals surface area contributed by atoms with Gasteiger partial charge in [0.1, 0.15) is 12.1 Å². The second-order valence-electron chi connectivity index (χ2n) is 7.66. The third kappa shape index (κ3) is 5.66. The van der Waals surface area contributed by atoms with Crippen molar-refractivity contribution in [2.75, 3.05) is 45.2 Å². The lowest BCUT2D eigenvalue weighted by Gasteiger charge is -2.24. The summed E-state index contributed by atoms with van der Waals surface area (Å²) >= 11 is 6.01. The van der Waals surface area contributed by atoms with Gasteiger partial charge in [0.15, 0.2) is 0 Å². The fraction of sp³-hybridized carbons (Fsp3) is 0.476. The highest BCUT2D eigenvalue weighted by Crippen LogP contribution is 2.19. The molecule has 7 heteroatoms. The fourth-order valence-corrected chi connectivity index (χ4v) is 3.75. The smallest absolute Gasteiger partial charge is 0.219 e. The maximum Gasteiger partial charge on any atom is 0.219 e. The third-order valence-corrected chi connectivity index (χ3v) is 5.36.